The van der Waals surface area contributed by atoms with Crippen molar-refractivity contribution in [3.8, 4) is 0 Å². The van der Waals surface area contributed by atoms with Gasteiger partial charge in [0.2, 0.25) is 11.8 Å². The lowest BCUT2D eigenvalue weighted by Gasteiger charge is -2.20. The summed E-state index contributed by atoms with van der Waals surface area (Å²) in [4.78, 5) is 37.4. The Morgan fingerprint density at radius 3 is 2.70 bits per heavy atom. The van der Waals surface area contributed by atoms with E-state index in [1.54, 1.807) is 0 Å². The molecule has 0 aromatic heterocycles. The van der Waals surface area contributed by atoms with Crippen LogP contribution in [0.5, 0.6) is 0 Å². The Morgan fingerprint density at radius 1 is 1.35 bits per heavy atom. The van der Waals surface area contributed by atoms with Crippen molar-refractivity contribution in [3.05, 3.63) is 30.3 Å². The Balaban J connectivity index is 2.00. The number of imide groups is 1. The third-order valence-electron chi connectivity index (χ3n) is 3.06. The van der Waals surface area contributed by atoms with Crippen molar-refractivity contribution >= 4 is 29.5 Å². The van der Waals surface area contributed by atoms with Gasteiger partial charge in [-0.1, -0.05) is 18.2 Å². The van der Waals surface area contributed by atoms with Gasteiger partial charge in [-0.3, -0.25) is 14.5 Å². The molecule has 106 valence electrons. The Bertz CT molecular complexity index is 517. The zero-order chi connectivity index (χ0) is 14.5. The van der Waals surface area contributed by atoms with Gasteiger partial charge in [0.25, 0.3) is 0 Å². The van der Waals surface area contributed by atoms with Crippen molar-refractivity contribution < 1.29 is 19.1 Å². The number of thioether (sulfide) groups is 1. The minimum Gasteiger partial charge on any atom is -0.467 e. The molecule has 1 saturated heterocycles. The number of rotatable bonds is 4. The number of benzene rings is 1. The molecule has 2 rings (SSSR count). The average Bonchev–Trinajstić information content (AvgIpc) is 2.87. The van der Waals surface area contributed by atoms with Crippen molar-refractivity contribution in [1.82, 2.24) is 4.90 Å². The van der Waals surface area contributed by atoms with Gasteiger partial charge < -0.3 is 4.74 Å². The largest absolute Gasteiger partial charge is 0.467 e. The maximum atomic E-state index is 12.1. The summed E-state index contributed by atoms with van der Waals surface area (Å²) in [5.41, 5.74) is 0. The molecule has 0 N–H and O–H groups in total. The summed E-state index contributed by atoms with van der Waals surface area (Å²) in [5.74, 6) is -1.06. The number of methoxy groups -OCH3 is 1. The fourth-order valence-corrected chi connectivity index (χ4v) is 2.87. The molecule has 2 amide bonds. The fraction of sp³-hybridized carbons (Fsp3) is 0.357. The van der Waals surface area contributed by atoms with Gasteiger partial charge in [-0.15, -0.1) is 11.8 Å². The normalized spacial score (nSPS) is 18.1. The van der Waals surface area contributed by atoms with Crippen molar-refractivity contribution in [2.75, 3.05) is 12.9 Å². The maximum Gasteiger partial charge on any atom is 0.329 e. The van der Waals surface area contributed by atoms with Crippen LogP contribution >= 0.6 is 11.8 Å². The van der Waals surface area contributed by atoms with Crippen molar-refractivity contribution in [2.45, 2.75) is 23.8 Å². The molecule has 0 saturated carbocycles. The molecule has 1 aromatic carbocycles. The molecule has 1 fully saturated rings. The van der Waals surface area contributed by atoms with Crippen molar-refractivity contribution in [3.63, 3.8) is 0 Å². The van der Waals surface area contributed by atoms with Crippen LogP contribution in [0.3, 0.4) is 0 Å². The lowest BCUT2D eigenvalue weighted by molar-refractivity contribution is -0.154. The lowest BCUT2D eigenvalue weighted by Crippen LogP contribution is -2.44. The minimum absolute atomic E-state index is 0.128. The number of hydrogen-bond acceptors (Lipinski definition) is 5. The van der Waals surface area contributed by atoms with Crippen LogP contribution in [-0.2, 0) is 19.1 Å². The van der Waals surface area contributed by atoms with Gasteiger partial charge in [0.15, 0.2) is 0 Å². The first kappa shape index (κ1) is 14.6. The highest BCUT2D eigenvalue weighted by Gasteiger charge is 2.40. The van der Waals surface area contributed by atoms with Crippen molar-refractivity contribution in [1.29, 1.82) is 0 Å². The number of nitrogens with zero attached hydrogens (tertiary/aromatic N) is 1. The molecule has 0 bridgehead atoms. The summed E-state index contributed by atoms with van der Waals surface area (Å²) < 4.78 is 4.63. The summed E-state index contributed by atoms with van der Waals surface area (Å²) in [6, 6.07) is 8.67. The summed E-state index contributed by atoms with van der Waals surface area (Å²) in [6.07, 6.45) is 0.550. The quantitative estimate of drug-likeness (QED) is 0.621. The molecule has 0 unspecified atom stereocenters. The number of hydrogen-bond donors (Lipinski definition) is 0. The first-order valence-electron chi connectivity index (χ1n) is 6.24. The third-order valence-corrected chi connectivity index (χ3v) is 4.06. The number of carbonyl (C=O) groups excluding carboxylic acids is 3. The first-order chi connectivity index (χ1) is 9.63. The predicted octanol–water partition coefficient (Wildman–Crippen LogP) is 1.47. The Labute approximate surface area is 121 Å². The van der Waals surface area contributed by atoms with Crippen LogP contribution in [0.4, 0.5) is 0 Å². The molecule has 1 aliphatic rings. The minimum atomic E-state index is -0.767. The van der Waals surface area contributed by atoms with Gasteiger partial charge in [0, 0.05) is 11.3 Å². The van der Waals surface area contributed by atoms with Crippen LogP contribution in [0.1, 0.15) is 12.8 Å². The summed E-state index contributed by atoms with van der Waals surface area (Å²) in [7, 11) is 1.26. The van der Waals surface area contributed by atoms with Crippen LogP contribution in [0.15, 0.2) is 35.2 Å². The molecule has 1 heterocycles. The second kappa shape index (κ2) is 6.56. The lowest BCUT2D eigenvalue weighted by atomic mass is 10.2. The molecular formula is C14H15NO4S. The van der Waals surface area contributed by atoms with E-state index in [1.165, 1.54) is 18.9 Å². The number of esters is 1. The zero-order valence-electron chi connectivity index (χ0n) is 11.1. The summed E-state index contributed by atoms with van der Waals surface area (Å²) >= 11 is 1.34. The van der Waals surface area contributed by atoms with E-state index in [1.807, 2.05) is 30.3 Å². The van der Waals surface area contributed by atoms with Crippen LogP contribution in [0, 0.1) is 0 Å². The molecule has 0 radical (unpaired) electrons. The SMILES string of the molecule is COC(=O)[C@@H]1CCC(=O)N1C(=O)CSc1ccccc1. The number of amides is 2. The molecule has 6 heteroatoms. The smallest absolute Gasteiger partial charge is 0.329 e. The van der Waals surface area contributed by atoms with E-state index < -0.39 is 12.0 Å². The van der Waals surface area contributed by atoms with Crippen LogP contribution in [0.25, 0.3) is 0 Å². The van der Waals surface area contributed by atoms with Crippen LogP contribution < -0.4 is 0 Å². The fourth-order valence-electron chi connectivity index (χ4n) is 2.09. The summed E-state index contributed by atoms with van der Waals surface area (Å²) in [6.45, 7) is 0. The Kier molecular flexibility index (Phi) is 4.79. The van der Waals surface area contributed by atoms with E-state index in [0.29, 0.717) is 6.42 Å². The van der Waals surface area contributed by atoms with E-state index in [-0.39, 0.29) is 24.0 Å². The number of likely N-dealkylation sites (tertiary alicyclic amines) is 1. The highest BCUT2D eigenvalue weighted by Crippen LogP contribution is 2.23. The molecule has 5 nitrogen and oxygen atoms in total. The predicted molar refractivity (Wildman–Crippen MR) is 74.1 cm³/mol. The van der Waals surface area contributed by atoms with Gasteiger partial charge in [-0.2, -0.15) is 0 Å². The van der Waals surface area contributed by atoms with Gasteiger partial charge in [0.1, 0.15) is 6.04 Å². The van der Waals surface area contributed by atoms with Gasteiger partial charge in [-0.25, -0.2) is 4.79 Å². The van der Waals surface area contributed by atoms with Crippen LogP contribution in [0.2, 0.25) is 0 Å². The van der Waals surface area contributed by atoms with Crippen LogP contribution in [-0.4, -0.2) is 41.6 Å². The standard InChI is InChI=1S/C14H15NO4S/c1-19-14(18)11-7-8-12(16)15(11)13(17)9-20-10-5-3-2-4-6-10/h2-6,11H,7-9H2,1H3/t11-/m0/s1. The maximum absolute atomic E-state index is 12.1. The van der Waals surface area contributed by atoms with E-state index in [4.69, 9.17) is 0 Å². The Morgan fingerprint density at radius 2 is 2.05 bits per heavy atom. The average molecular weight is 293 g/mol. The van der Waals surface area contributed by atoms with E-state index in [9.17, 15) is 14.4 Å². The molecule has 1 atom stereocenters. The topological polar surface area (TPSA) is 63.7 Å². The monoisotopic (exact) mass is 293 g/mol. The zero-order valence-corrected chi connectivity index (χ0v) is 11.9. The molecule has 1 aliphatic heterocycles. The summed E-state index contributed by atoms with van der Waals surface area (Å²) in [5, 5.41) is 0. The number of carbonyl (C=O) groups is 3. The molecule has 0 aliphatic carbocycles. The Hall–Kier alpha value is -1.82. The van der Waals surface area contributed by atoms with E-state index >= 15 is 0 Å². The number of ether oxygens (including phenoxy) is 1. The second-order valence-electron chi connectivity index (χ2n) is 4.34. The highest BCUT2D eigenvalue weighted by atomic mass is 32.2. The van der Waals surface area contributed by atoms with Gasteiger partial charge in [-0.05, 0) is 18.6 Å². The molecule has 1 aromatic rings. The second-order valence-corrected chi connectivity index (χ2v) is 5.39. The van der Waals surface area contributed by atoms with E-state index in [0.717, 1.165) is 9.80 Å². The molecule has 0 spiro atoms. The van der Waals surface area contributed by atoms with Gasteiger partial charge in [0.05, 0.1) is 12.9 Å². The highest BCUT2D eigenvalue weighted by molar-refractivity contribution is 8.00. The van der Waals surface area contributed by atoms with E-state index in [2.05, 4.69) is 4.74 Å². The van der Waals surface area contributed by atoms with Gasteiger partial charge >= 0.3 is 5.97 Å². The molecular weight excluding hydrogens is 278 g/mol. The first-order valence-corrected chi connectivity index (χ1v) is 7.22. The molecule has 20 heavy (non-hydrogen) atoms. The third kappa shape index (κ3) is 3.19. The van der Waals surface area contributed by atoms with Crippen molar-refractivity contribution in [2.24, 2.45) is 0 Å².